The Labute approximate surface area is 114 Å². The summed E-state index contributed by atoms with van der Waals surface area (Å²) in [6.45, 7) is 5.24. The van der Waals surface area contributed by atoms with E-state index >= 15 is 0 Å². The largest absolute Gasteiger partial charge is 0.478 e. The fraction of sp³-hybridized carbons (Fsp3) is 0.385. The van der Waals surface area contributed by atoms with Crippen LogP contribution in [0.15, 0.2) is 17.0 Å². The van der Waals surface area contributed by atoms with Gasteiger partial charge >= 0.3 is 5.97 Å². The van der Waals surface area contributed by atoms with Crippen LogP contribution in [0.3, 0.4) is 0 Å². The van der Waals surface area contributed by atoms with E-state index in [1.165, 1.54) is 0 Å². The second kappa shape index (κ2) is 5.69. The first kappa shape index (κ1) is 15.6. The average Bonchev–Trinajstić information content (AvgIpc) is 2.31. The zero-order chi connectivity index (χ0) is 14.8. The van der Waals surface area contributed by atoms with Crippen LogP contribution in [0.2, 0.25) is 0 Å². The third-order valence-corrected chi connectivity index (χ3v) is 4.16. The Kier molecular flexibility index (Phi) is 4.68. The van der Waals surface area contributed by atoms with Crippen molar-refractivity contribution in [3.8, 4) is 0 Å². The summed E-state index contributed by atoms with van der Waals surface area (Å²) in [5, 5.41) is 8.47. The highest BCUT2D eigenvalue weighted by molar-refractivity contribution is 8.13. The van der Waals surface area contributed by atoms with Gasteiger partial charge in [0.1, 0.15) is 11.6 Å². The lowest BCUT2D eigenvalue weighted by molar-refractivity contribution is -0.118. The van der Waals surface area contributed by atoms with E-state index in [0.29, 0.717) is 24.2 Å². The van der Waals surface area contributed by atoms with Crippen LogP contribution >= 0.6 is 11.8 Å². The molecule has 0 fully saturated rings. The molecule has 0 unspecified atom stereocenters. The molecule has 3 nitrogen and oxygen atoms in total. The van der Waals surface area contributed by atoms with E-state index in [1.54, 1.807) is 13.8 Å². The van der Waals surface area contributed by atoms with Crippen LogP contribution in [0.5, 0.6) is 0 Å². The number of carbonyl (C=O) groups excluding carboxylic acids is 1. The first-order chi connectivity index (χ1) is 8.69. The van der Waals surface area contributed by atoms with Gasteiger partial charge in [-0.1, -0.05) is 20.8 Å². The normalized spacial score (nSPS) is 11.4. The molecule has 0 amide bonds. The number of carbonyl (C=O) groups is 2. The summed E-state index contributed by atoms with van der Waals surface area (Å²) < 4.78 is 26.7. The van der Waals surface area contributed by atoms with Crippen molar-refractivity contribution in [2.75, 3.05) is 0 Å². The van der Waals surface area contributed by atoms with Crippen molar-refractivity contribution in [2.24, 2.45) is 5.41 Å². The van der Waals surface area contributed by atoms with E-state index in [1.807, 2.05) is 6.92 Å². The fourth-order valence-electron chi connectivity index (χ4n) is 1.15. The summed E-state index contributed by atoms with van der Waals surface area (Å²) in [7, 11) is 0. The SMILES string of the molecule is CCC(C)(C)C(=O)Sc1cc(C(=O)O)c(F)cc1F. The minimum Gasteiger partial charge on any atom is -0.478 e. The zero-order valence-electron chi connectivity index (χ0n) is 10.8. The molecule has 1 aromatic carbocycles. The second-order valence-electron chi connectivity index (χ2n) is 4.69. The lowest BCUT2D eigenvalue weighted by Gasteiger charge is -2.20. The van der Waals surface area contributed by atoms with Crippen LogP contribution in [0.1, 0.15) is 37.6 Å². The molecule has 0 aromatic heterocycles. The van der Waals surface area contributed by atoms with Gasteiger partial charge in [0.2, 0.25) is 0 Å². The molecule has 6 heteroatoms. The minimum atomic E-state index is -1.50. The quantitative estimate of drug-likeness (QED) is 0.858. The fourth-order valence-corrected chi connectivity index (χ4v) is 2.11. The standard InChI is InChI=1S/C13H14F2O3S/c1-4-13(2,3)12(18)19-10-5-7(11(16)17)8(14)6-9(10)15/h5-6H,4H2,1-3H3,(H,16,17). The van der Waals surface area contributed by atoms with E-state index in [4.69, 9.17) is 5.11 Å². The lowest BCUT2D eigenvalue weighted by atomic mass is 9.92. The van der Waals surface area contributed by atoms with Gasteiger partial charge in [-0.05, 0) is 24.2 Å². The van der Waals surface area contributed by atoms with Crippen molar-refractivity contribution in [1.29, 1.82) is 0 Å². The van der Waals surface area contributed by atoms with E-state index < -0.39 is 28.6 Å². The molecule has 0 aliphatic heterocycles. The molecular weight excluding hydrogens is 274 g/mol. The number of carboxylic acids is 1. The Morgan fingerprint density at radius 3 is 2.32 bits per heavy atom. The molecule has 1 N–H and O–H groups in total. The van der Waals surface area contributed by atoms with Crippen molar-refractivity contribution in [3.05, 3.63) is 29.3 Å². The Morgan fingerprint density at radius 2 is 1.84 bits per heavy atom. The molecule has 0 heterocycles. The van der Waals surface area contributed by atoms with E-state index in [2.05, 4.69) is 0 Å². The van der Waals surface area contributed by atoms with Gasteiger partial charge in [-0.15, -0.1) is 0 Å². The zero-order valence-corrected chi connectivity index (χ0v) is 11.6. The minimum absolute atomic E-state index is 0.176. The van der Waals surface area contributed by atoms with Crippen molar-refractivity contribution >= 4 is 22.8 Å². The molecule has 0 radical (unpaired) electrons. The molecule has 0 aliphatic rings. The highest BCUT2D eigenvalue weighted by atomic mass is 32.2. The number of rotatable bonds is 4. The predicted octanol–water partition coefficient (Wildman–Crippen LogP) is 3.72. The maximum atomic E-state index is 13.5. The number of hydrogen-bond acceptors (Lipinski definition) is 3. The van der Waals surface area contributed by atoms with Gasteiger partial charge in [-0.25, -0.2) is 13.6 Å². The van der Waals surface area contributed by atoms with Crippen molar-refractivity contribution in [2.45, 2.75) is 32.1 Å². The molecule has 0 saturated heterocycles. The summed E-state index contributed by atoms with van der Waals surface area (Å²) in [6.07, 6.45) is 0.563. The first-order valence-electron chi connectivity index (χ1n) is 5.63. The van der Waals surface area contributed by atoms with Gasteiger partial charge in [-0.2, -0.15) is 0 Å². The number of aromatic carboxylic acids is 1. The van der Waals surface area contributed by atoms with E-state index in [9.17, 15) is 18.4 Å². The lowest BCUT2D eigenvalue weighted by Crippen LogP contribution is -2.20. The monoisotopic (exact) mass is 288 g/mol. The molecule has 0 aliphatic carbocycles. The predicted molar refractivity (Wildman–Crippen MR) is 68.3 cm³/mol. The van der Waals surface area contributed by atoms with Gasteiger partial charge < -0.3 is 5.11 Å². The van der Waals surface area contributed by atoms with Gasteiger partial charge in [0.25, 0.3) is 0 Å². The van der Waals surface area contributed by atoms with Crippen molar-refractivity contribution in [3.63, 3.8) is 0 Å². The topological polar surface area (TPSA) is 54.4 Å². The third kappa shape index (κ3) is 3.53. The summed E-state index contributed by atoms with van der Waals surface area (Å²) in [5.41, 5.74) is -1.31. The maximum absolute atomic E-state index is 13.5. The van der Waals surface area contributed by atoms with Crippen LogP contribution in [-0.2, 0) is 4.79 Å². The van der Waals surface area contributed by atoms with Crippen LogP contribution in [0.25, 0.3) is 0 Å². The molecule has 1 rings (SSSR count). The number of hydrogen-bond donors (Lipinski definition) is 1. The van der Waals surface area contributed by atoms with Crippen LogP contribution in [0, 0.1) is 17.0 Å². The third-order valence-electron chi connectivity index (χ3n) is 2.89. The van der Waals surface area contributed by atoms with Crippen LogP contribution in [0.4, 0.5) is 8.78 Å². The molecule has 0 spiro atoms. The summed E-state index contributed by atoms with van der Waals surface area (Å²) in [5.74, 6) is -3.59. The molecular formula is C13H14F2O3S. The van der Waals surface area contributed by atoms with Crippen LogP contribution < -0.4 is 0 Å². The molecule has 1 aromatic rings. The summed E-state index contributed by atoms with van der Waals surface area (Å²) in [6, 6.07) is 1.33. The first-order valence-corrected chi connectivity index (χ1v) is 6.45. The Morgan fingerprint density at radius 1 is 1.26 bits per heavy atom. The molecule has 0 atom stereocenters. The van der Waals surface area contributed by atoms with Crippen molar-refractivity contribution in [1.82, 2.24) is 0 Å². The van der Waals surface area contributed by atoms with Gasteiger partial charge in [0.05, 0.1) is 10.5 Å². The highest BCUT2D eigenvalue weighted by Crippen LogP contribution is 2.34. The Balaban J connectivity index is 3.12. The number of halogens is 2. The van der Waals surface area contributed by atoms with Gasteiger partial charge in [0, 0.05) is 11.5 Å². The molecule has 104 valence electrons. The van der Waals surface area contributed by atoms with E-state index in [0.717, 1.165) is 6.07 Å². The second-order valence-corrected chi connectivity index (χ2v) is 5.71. The van der Waals surface area contributed by atoms with Gasteiger partial charge in [-0.3, -0.25) is 4.79 Å². The maximum Gasteiger partial charge on any atom is 0.338 e. The number of thioether (sulfide) groups is 1. The molecule has 0 saturated carbocycles. The summed E-state index contributed by atoms with van der Waals surface area (Å²) >= 11 is 0.598. The molecule has 0 bridgehead atoms. The number of benzene rings is 1. The Bertz CT molecular complexity index is 527. The van der Waals surface area contributed by atoms with Crippen molar-refractivity contribution < 1.29 is 23.5 Å². The van der Waals surface area contributed by atoms with Gasteiger partial charge in [0.15, 0.2) is 5.12 Å². The average molecular weight is 288 g/mol. The smallest absolute Gasteiger partial charge is 0.338 e. The Hall–Kier alpha value is -1.43. The highest BCUT2D eigenvalue weighted by Gasteiger charge is 2.28. The van der Waals surface area contributed by atoms with Crippen LogP contribution in [-0.4, -0.2) is 16.2 Å². The number of carboxylic acid groups (broad SMARTS) is 1. The summed E-state index contributed by atoms with van der Waals surface area (Å²) in [4.78, 5) is 22.5. The molecule has 19 heavy (non-hydrogen) atoms. The van der Waals surface area contributed by atoms with E-state index in [-0.39, 0.29) is 10.0 Å².